The fraction of sp³-hybridized carbons (Fsp3) is 0.148. The van der Waals surface area contributed by atoms with Crippen LogP contribution in [-0.4, -0.2) is 33.5 Å². The van der Waals surface area contributed by atoms with E-state index in [1.807, 2.05) is 121 Å². The smallest absolute Gasteiger partial charge is 0.211 e. The van der Waals surface area contributed by atoms with E-state index in [0.717, 1.165) is 58.2 Å². The zero-order valence-electron chi connectivity index (χ0n) is 39.0. The maximum absolute atomic E-state index is 11.1. The fourth-order valence-corrected chi connectivity index (χ4v) is 12.0. The number of hydrogen-bond acceptors (Lipinski definition) is 10. The maximum Gasteiger partial charge on any atom is 0.211 e. The van der Waals surface area contributed by atoms with E-state index >= 15 is 0 Å². The van der Waals surface area contributed by atoms with Gasteiger partial charge in [0.25, 0.3) is 0 Å². The molecule has 0 saturated heterocycles. The zero-order chi connectivity index (χ0) is 53.1. The second-order valence-corrected chi connectivity index (χ2v) is 23.9. The lowest BCUT2D eigenvalue weighted by atomic mass is 10.1. The summed E-state index contributed by atoms with van der Waals surface area (Å²) in [6, 6.07) is 46.6. The lowest BCUT2D eigenvalue weighted by Gasteiger charge is -2.17. The van der Waals surface area contributed by atoms with E-state index in [-0.39, 0.29) is 0 Å². The van der Waals surface area contributed by atoms with Gasteiger partial charge >= 0.3 is 0 Å². The number of benzene rings is 6. The molecule has 0 fully saturated rings. The van der Waals surface area contributed by atoms with Crippen molar-refractivity contribution in [1.82, 2.24) is 9.97 Å². The highest BCUT2D eigenvalue weighted by molar-refractivity contribution is 9.10. The Balaban J connectivity index is 0.000000225. The summed E-state index contributed by atoms with van der Waals surface area (Å²) < 4.78 is 33.4. The lowest BCUT2D eigenvalue weighted by Crippen LogP contribution is -2.06. The van der Waals surface area contributed by atoms with Crippen LogP contribution in [0.5, 0.6) is 23.0 Å². The monoisotopic (exact) mass is 1310 g/mol. The molecular formula is C54H43Br2Cl7N2O6S3. The predicted molar refractivity (Wildman–Crippen MR) is 315 cm³/mol. The molecule has 20 heteroatoms. The molecular weight excluding hydrogens is 1280 g/mol. The van der Waals surface area contributed by atoms with E-state index < -0.39 is 20.7 Å². The quantitative estimate of drug-likeness (QED) is 0.0508. The number of aromatic nitrogens is 2. The van der Waals surface area contributed by atoms with E-state index in [1.54, 1.807) is 74.4 Å². The minimum Gasteiger partial charge on any atom is -0.497 e. The van der Waals surface area contributed by atoms with Crippen LogP contribution in [0, 0.1) is 0 Å². The molecule has 386 valence electrons. The lowest BCUT2D eigenvalue weighted by molar-refractivity contribution is 0.214. The van der Waals surface area contributed by atoms with Crippen molar-refractivity contribution in [3.63, 3.8) is 0 Å². The summed E-state index contributed by atoms with van der Waals surface area (Å²) in [7, 11) is 10.7. The number of alkyl halides is 1. The van der Waals surface area contributed by atoms with Crippen molar-refractivity contribution in [1.29, 1.82) is 0 Å². The van der Waals surface area contributed by atoms with Crippen molar-refractivity contribution < 1.29 is 28.3 Å². The summed E-state index contributed by atoms with van der Waals surface area (Å²) in [4.78, 5) is 10.9. The summed E-state index contributed by atoms with van der Waals surface area (Å²) in [6.45, 7) is 0.845. The Kier molecular flexibility index (Phi) is 24.7. The van der Waals surface area contributed by atoms with Gasteiger partial charge in [-0.15, -0.1) is 35.1 Å². The Labute approximate surface area is 492 Å². The number of halogens is 9. The Hall–Kier alpha value is -3.38. The third-order valence-electron chi connectivity index (χ3n) is 10.4. The topological polar surface area (TPSA) is 100 Å². The summed E-state index contributed by atoms with van der Waals surface area (Å²) in [5.41, 5.74) is 6.51. The van der Waals surface area contributed by atoms with Crippen molar-refractivity contribution in [3.8, 4) is 23.0 Å². The molecule has 6 aromatic carbocycles. The van der Waals surface area contributed by atoms with Crippen LogP contribution in [0.4, 0.5) is 0 Å². The van der Waals surface area contributed by atoms with Crippen LogP contribution in [0.1, 0.15) is 56.2 Å². The van der Waals surface area contributed by atoms with E-state index in [1.165, 1.54) is 0 Å². The second-order valence-electron chi connectivity index (χ2n) is 15.4. The first-order valence-electron chi connectivity index (χ1n) is 21.8. The minimum atomic E-state index is -1.67. The SMILES string of the molecule is COc1ccc(CSc2cc(C(Cl)c3c(Cl)cc(Br)cc3Cl)ncc2OCc2ccccc2)cc1.COc1ccc(CSc2cc(C(O)c3c(Cl)cc(Br)cc3Cl)ncc2OCc2ccccc2)cc1.O=S(Cl)Cl. The van der Waals surface area contributed by atoms with E-state index in [0.29, 0.717) is 73.1 Å². The van der Waals surface area contributed by atoms with Gasteiger partial charge in [0, 0.05) is 73.0 Å². The van der Waals surface area contributed by atoms with Crippen LogP contribution in [0.2, 0.25) is 20.1 Å². The molecule has 0 amide bonds. The molecule has 2 heterocycles. The molecule has 8 aromatic rings. The largest absolute Gasteiger partial charge is 0.497 e. The Morgan fingerprint density at radius 2 is 0.919 bits per heavy atom. The van der Waals surface area contributed by atoms with Gasteiger partial charge in [-0.05, 0) is 82.9 Å². The average Bonchev–Trinajstić information content (AvgIpc) is 3.39. The summed E-state index contributed by atoms with van der Waals surface area (Å²) >= 11 is 42.6. The molecule has 2 aromatic heterocycles. The molecule has 8 rings (SSSR count). The number of aliphatic hydroxyl groups excluding tert-OH is 1. The Morgan fingerprint density at radius 1 is 0.554 bits per heavy atom. The summed E-state index contributed by atoms with van der Waals surface area (Å²) in [5, 5.41) is 12.1. The molecule has 0 radical (unpaired) electrons. The van der Waals surface area contributed by atoms with Gasteiger partial charge in [0.05, 0.1) is 47.8 Å². The number of thioether (sulfide) groups is 2. The summed E-state index contributed by atoms with van der Waals surface area (Å²) in [6.07, 6.45) is 2.26. The molecule has 1 N–H and O–H groups in total. The normalized spacial score (nSPS) is 11.6. The highest BCUT2D eigenvalue weighted by Gasteiger charge is 2.23. The first kappa shape index (κ1) is 59.9. The number of hydrogen-bond donors (Lipinski definition) is 1. The number of nitrogens with zero attached hydrogens (tertiary/aromatic N) is 2. The van der Waals surface area contributed by atoms with Crippen LogP contribution >= 0.6 is 135 Å². The average molecular weight is 1320 g/mol. The molecule has 8 nitrogen and oxygen atoms in total. The zero-order valence-corrected chi connectivity index (χ0v) is 49.9. The standard InChI is InChI=1S/C27H21BrCl3NO2S.C27H22BrCl2NO3S.Cl2OS/c1-33-20-9-7-18(8-10-20)16-35-25-13-23(27(31)26-21(29)11-19(28)12-22(26)30)32-14-24(25)34-15-17-5-3-2-4-6-17;1-33-20-9-7-18(8-10-20)16-35-25-13-23(27(32)26-21(29)11-19(28)12-22(26)30)31-14-24(25)34-15-17-5-3-2-4-6-17;1-4(2)3/h2-14,27H,15-16H2,1H3;2-14,27,32H,15-16H2,1H3;. The second kappa shape index (κ2) is 30.5. The van der Waals surface area contributed by atoms with Crippen LogP contribution < -0.4 is 18.9 Å². The molecule has 2 unspecified atom stereocenters. The van der Waals surface area contributed by atoms with Gasteiger partial charge in [-0.1, -0.05) is 163 Å². The number of aliphatic hydroxyl groups is 1. The van der Waals surface area contributed by atoms with Gasteiger partial charge in [0.15, 0.2) is 11.5 Å². The van der Waals surface area contributed by atoms with E-state index in [9.17, 15) is 5.11 Å². The number of methoxy groups -OCH3 is 2. The third kappa shape index (κ3) is 18.4. The Morgan fingerprint density at radius 3 is 1.31 bits per heavy atom. The van der Waals surface area contributed by atoms with Crippen LogP contribution in [0.15, 0.2) is 177 Å². The van der Waals surface area contributed by atoms with Crippen molar-refractivity contribution in [2.75, 3.05) is 14.2 Å². The van der Waals surface area contributed by atoms with Crippen molar-refractivity contribution in [3.05, 3.63) is 232 Å². The van der Waals surface area contributed by atoms with Gasteiger partial charge in [0.2, 0.25) is 9.23 Å². The van der Waals surface area contributed by atoms with Gasteiger partial charge in [-0.3, -0.25) is 9.97 Å². The van der Waals surface area contributed by atoms with Gasteiger partial charge in [-0.25, -0.2) is 4.21 Å². The van der Waals surface area contributed by atoms with Crippen molar-refractivity contribution >= 4 is 144 Å². The molecule has 2 atom stereocenters. The molecule has 0 saturated carbocycles. The van der Waals surface area contributed by atoms with Gasteiger partial charge in [-0.2, -0.15) is 0 Å². The van der Waals surface area contributed by atoms with E-state index in [4.69, 9.17) is 81.2 Å². The van der Waals surface area contributed by atoms with Crippen LogP contribution in [0.25, 0.3) is 0 Å². The molecule has 0 aliphatic heterocycles. The Bertz CT molecular complexity index is 2850. The maximum atomic E-state index is 11.1. The van der Waals surface area contributed by atoms with Crippen LogP contribution in [-0.2, 0) is 33.9 Å². The number of pyridine rings is 2. The first-order chi connectivity index (χ1) is 35.6. The molecule has 0 aliphatic carbocycles. The van der Waals surface area contributed by atoms with Gasteiger partial charge in [0.1, 0.15) is 36.2 Å². The predicted octanol–water partition coefficient (Wildman–Crippen LogP) is 18.5. The number of ether oxygens (including phenoxy) is 4. The third-order valence-corrected chi connectivity index (χ3v) is 15.3. The highest BCUT2D eigenvalue weighted by atomic mass is 79.9. The first-order valence-corrected chi connectivity index (χ1v) is 30.1. The minimum absolute atomic E-state index is 0.357. The van der Waals surface area contributed by atoms with Crippen molar-refractivity contribution in [2.24, 2.45) is 0 Å². The summed E-state index contributed by atoms with van der Waals surface area (Å²) in [5.74, 6) is 4.39. The van der Waals surface area contributed by atoms with Crippen LogP contribution in [0.3, 0.4) is 0 Å². The van der Waals surface area contributed by atoms with E-state index in [2.05, 4.69) is 63.2 Å². The number of rotatable bonds is 18. The highest BCUT2D eigenvalue weighted by Crippen LogP contribution is 2.43. The van der Waals surface area contributed by atoms with Crippen molar-refractivity contribution in [2.45, 2.75) is 46.0 Å². The molecule has 0 aliphatic rings. The molecule has 74 heavy (non-hydrogen) atoms. The fourth-order valence-electron chi connectivity index (χ4n) is 6.75. The molecule has 0 spiro atoms. The van der Waals surface area contributed by atoms with Gasteiger partial charge < -0.3 is 24.1 Å². The molecule has 0 bridgehead atoms.